The van der Waals surface area contributed by atoms with E-state index in [-0.39, 0.29) is 11.8 Å². The molecule has 3 aromatic rings. The molecule has 0 fully saturated rings. The van der Waals surface area contributed by atoms with E-state index >= 15 is 0 Å². The van der Waals surface area contributed by atoms with Gasteiger partial charge in [-0.2, -0.15) is 11.8 Å². The molecule has 0 aliphatic carbocycles. The number of benzene rings is 2. The van der Waals surface area contributed by atoms with Crippen molar-refractivity contribution in [2.24, 2.45) is 0 Å². The molecule has 0 aliphatic heterocycles. The predicted octanol–water partition coefficient (Wildman–Crippen LogP) is 4.35. The lowest BCUT2D eigenvalue weighted by molar-refractivity contribution is -0.118. The van der Waals surface area contributed by atoms with Gasteiger partial charge in [-0.15, -0.1) is 0 Å². The fourth-order valence-electron chi connectivity index (χ4n) is 2.77. The van der Waals surface area contributed by atoms with Crippen molar-refractivity contribution in [1.29, 1.82) is 0 Å². The second kappa shape index (κ2) is 9.71. The predicted molar refractivity (Wildman–Crippen MR) is 118 cm³/mol. The van der Waals surface area contributed by atoms with Crippen LogP contribution in [0.4, 0.5) is 5.13 Å². The molecule has 1 atom stereocenters. The maximum atomic E-state index is 12.8. The molecule has 3 rings (SSSR count). The normalized spacial score (nSPS) is 11.9. The molecule has 5 nitrogen and oxygen atoms in total. The van der Waals surface area contributed by atoms with Crippen LogP contribution >= 0.6 is 23.1 Å². The highest BCUT2D eigenvalue weighted by molar-refractivity contribution is 7.98. The average molecular weight is 414 g/mol. The summed E-state index contributed by atoms with van der Waals surface area (Å²) in [4.78, 5) is 29.8. The Hall–Kier alpha value is -2.38. The highest BCUT2D eigenvalue weighted by Crippen LogP contribution is 2.27. The number of aryl methyl sites for hydroxylation is 1. The highest BCUT2D eigenvalue weighted by Gasteiger charge is 2.22. The third kappa shape index (κ3) is 5.11. The monoisotopic (exact) mass is 413 g/mol. The summed E-state index contributed by atoms with van der Waals surface area (Å²) in [6.07, 6.45) is 3.49. The Labute approximate surface area is 172 Å². The van der Waals surface area contributed by atoms with Crippen molar-refractivity contribution < 1.29 is 9.59 Å². The average Bonchev–Trinajstić information content (AvgIpc) is 3.12. The van der Waals surface area contributed by atoms with Crippen LogP contribution < -0.4 is 10.6 Å². The number of hydrogen-bond donors (Lipinski definition) is 2. The van der Waals surface area contributed by atoms with Gasteiger partial charge in [-0.05, 0) is 54.7 Å². The van der Waals surface area contributed by atoms with Gasteiger partial charge in [-0.3, -0.25) is 9.59 Å². The zero-order valence-electron chi connectivity index (χ0n) is 15.9. The summed E-state index contributed by atoms with van der Waals surface area (Å²) in [6.45, 7) is 2.11. The van der Waals surface area contributed by atoms with E-state index in [1.54, 1.807) is 36.0 Å². The summed E-state index contributed by atoms with van der Waals surface area (Å²) >= 11 is 3.09. The molecule has 0 aliphatic rings. The zero-order valence-corrected chi connectivity index (χ0v) is 17.5. The Morgan fingerprint density at radius 2 is 1.96 bits per heavy atom. The second-order valence-corrected chi connectivity index (χ2v) is 8.35. The molecule has 7 heteroatoms. The fraction of sp³-hybridized carbons (Fsp3) is 0.286. The van der Waals surface area contributed by atoms with Gasteiger partial charge < -0.3 is 10.6 Å². The number of hydrogen-bond acceptors (Lipinski definition) is 5. The van der Waals surface area contributed by atoms with Crippen LogP contribution in [0.15, 0.2) is 48.5 Å². The van der Waals surface area contributed by atoms with E-state index in [1.165, 1.54) is 16.9 Å². The maximum Gasteiger partial charge on any atom is 0.251 e. The van der Waals surface area contributed by atoms with Crippen molar-refractivity contribution in [3.63, 3.8) is 0 Å². The molecule has 28 heavy (non-hydrogen) atoms. The highest BCUT2D eigenvalue weighted by atomic mass is 32.2. The molecule has 146 valence electrons. The van der Waals surface area contributed by atoms with Crippen molar-refractivity contribution in [2.75, 3.05) is 17.3 Å². The number of fused-ring (bicyclic) bond motifs is 1. The number of amides is 2. The van der Waals surface area contributed by atoms with Crippen LogP contribution in [-0.4, -0.2) is 34.8 Å². The van der Waals surface area contributed by atoms with E-state index in [9.17, 15) is 9.59 Å². The van der Waals surface area contributed by atoms with Crippen LogP contribution in [0.25, 0.3) is 10.2 Å². The number of carbonyl (C=O) groups excluding carboxylic acids is 2. The van der Waals surface area contributed by atoms with E-state index in [0.717, 1.165) is 22.4 Å². The molecule has 2 aromatic carbocycles. The standard InChI is InChI=1S/C21H23N3O2S2/c1-3-14-9-10-16-18(13-14)28-21(23-16)24-20(26)17(11-12-27-2)22-19(25)15-7-5-4-6-8-15/h4-10,13,17H,3,11-12H2,1-2H3,(H,22,25)(H,23,24,26). The molecule has 0 saturated heterocycles. The lowest BCUT2D eigenvalue weighted by atomic mass is 10.1. The van der Waals surface area contributed by atoms with E-state index in [0.29, 0.717) is 17.1 Å². The van der Waals surface area contributed by atoms with Gasteiger partial charge in [-0.25, -0.2) is 4.98 Å². The van der Waals surface area contributed by atoms with Crippen LogP contribution in [0.5, 0.6) is 0 Å². The number of carbonyl (C=O) groups is 2. The van der Waals surface area contributed by atoms with Crippen LogP contribution in [0.1, 0.15) is 29.3 Å². The molecular formula is C21H23N3O2S2. The summed E-state index contributed by atoms with van der Waals surface area (Å²) in [6, 6.07) is 14.4. The number of rotatable bonds is 8. The van der Waals surface area contributed by atoms with Crippen LogP contribution in [-0.2, 0) is 11.2 Å². The molecule has 0 spiro atoms. The third-order valence-corrected chi connectivity index (χ3v) is 5.94. The van der Waals surface area contributed by atoms with Crippen molar-refractivity contribution in [3.05, 3.63) is 59.7 Å². The van der Waals surface area contributed by atoms with E-state index in [4.69, 9.17) is 0 Å². The number of anilines is 1. The summed E-state index contributed by atoms with van der Waals surface area (Å²) in [5, 5.41) is 6.28. The number of thiazole rings is 1. The van der Waals surface area contributed by atoms with Gasteiger partial charge in [0.25, 0.3) is 5.91 Å². The summed E-state index contributed by atoms with van der Waals surface area (Å²) in [7, 11) is 0. The summed E-state index contributed by atoms with van der Waals surface area (Å²) < 4.78 is 1.05. The first-order valence-corrected chi connectivity index (χ1v) is 11.4. The van der Waals surface area contributed by atoms with Gasteiger partial charge in [0.15, 0.2) is 5.13 Å². The molecule has 1 aromatic heterocycles. The smallest absolute Gasteiger partial charge is 0.251 e. The third-order valence-electron chi connectivity index (χ3n) is 4.36. The van der Waals surface area contributed by atoms with Gasteiger partial charge in [0.05, 0.1) is 10.2 Å². The Balaban J connectivity index is 1.73. The zero-order chi connectivity index (χ0) is 19.9. The van der Waals surface area contributed by atoms with Crippen LogP contribution in [0.3, 0.4) is 0 Å². The summed E-state index contributed by atoms with van der Waals surface area (Å²) in [5.41, 5.74) is 2.64. The topological polar surface area (TPSA) is 71.1 Å². The minimum absolute atomic E-state index is 0.242. The number of aromatic nitrogens is 1. The van der Waals surface area contributed by atoms with E-state index in [1.807, 2.05) is 18.4 Å². The summed E-state index contributed by atoms with van der Waals surface area (Å²) in [5.74, 6) is 0.277. The van der Waals surface area contributed by atoms with E-state index < -0.39 is 6.04 Å². The quantitative estimate of drug-likeness (QED) is 0.576. The fourth-order valence-corrected chi connectivity index (χ4v) is 4.17. The molecule has 0 bridgehead atoms. The molecule has 2 N–H and O–H groups in total. The van der Waals surface area contributed by atoms with Crippen molar-refractivity contribution in [3.8, 4) is 0 Å². The Kier molecular flexibility index (Phi) is 7.06. The van der Waals surface area contributed by atoms with Gasteiger partial charge >= 0.3 is 0 Å². The Morgan fingerprint density at radius 1 is 1.18 bits per heavy atom. The van der Waals surface area contributed by atoms with E-state index in [2.05, 4.69) is 34.7 Å². The number of nitrogens with one attached hydrogen (secondary N) is 2. The number of nitrogens with zero attached hydrogens (tertiary/aromatic N) is 1. The maximum absolute atomic E-state index is 12.8. The van der Waals surface area contributed by atoms with Gasteiger partial charge in [-0.1, -0.05) is 42.5 Å². The molecule has 0 saturated carbocycles. The first kappa shape index (κ1) is 20.4. The largest absolute Gasteiger partial charge is 0.340 e. The molecule has 0 radical (unpaired) electrons. The number of thioether (sulfide) groups is 1. The van der Waals surface area contributed by atoms with Gasteiger partial charge in [0.1, 0.15) is 6.04 Å². The lowest BCUT2D eigenvalue weighted by Gasteiger charge is -2.17. The van der Waals surface area contributed by atoms with Crippen LogP contribution in [0.2, 0.25) is 0 Å². The van der Waals surface area contributed by atoms with Gasteiger partial charge in [0.2, 0.25) is 5.91 Å². The first-order chi connectivity index (χ1) is 13.6. The van der Waals surface area contributed by atoms with Crippen molar-refractivity contribution in [1.82, 2.24) is 10.3 Å². The molecule has 1 heterocycles. The Bertz CT molecular complexity index is 957. The van der Waals surface area contributed by atoms with Crippen molar-refractivity contribution in [2.45, 2.75) is 25.8 Å². The molecule has 2 amide bonds. The van der Waals surface area contributed by atoms with Crippen molar-refractivity contribution >= 4 is 50.3 Å². The minimum atomic E-state index is -0.613. The van der Waals surface area contributed by atoms with Crippen LogP contribution in [0, 0.1) is 0 Å². The minimum Gasteiger partial charge on any atom is -0.340 e. The first-order valence-electron chi connectivity index (χ1n) is 9.16. The lowest BCUT2D eigenvalue weighted by Crippen LogP contribution is -2.44. The Morgan fingerprint density at radius 3 is 2.68 bits per heavy atom. The second-order valence-electron chi connectivity index (χ2n) is 6.34. The van der Waals surface area contributed by atoms with Gasteiger partial charge in [0, 0.05) is 5.56 Å². The molecular weight excluding hydrogens is 390 g/mol. The SMILES string of the molecule is CCc1ccc2nc(NC(=O)C(CCSC)NC(=O)c3ccccc3)sc2c1. The molecule has 1 unspecified atom stereocenters.